The van der Waals surface area contributed by atoms with Crippen molar-refractivity contribution in [1.29, 1.82) is 0 Å². The molecule has 0 saturated carbocycles. The van der Waals surface area contributed by atoms with Gasteiger partial charge in [-0.2, -0.15) is 0 Å². The van der Waals surface area contributed by atoms with E-state index < -0.39 is 0 Å². The fourth-order valence-electron chi connectivity index (χ4n) is 2.88. The molecule has 1 aromatic carbocycles. The van der Waals surface area contributed by atoms with Gasteiger partial charge in [-0.15, -0.1) is 11.3 Å². The lowest BCUT2D eigenvalue weighted by Crippen LogP contribution is -2.51. The van der Waals surface area contributed by atoms with Gasteiger partial charge in [0.15, 0.2) is 0 Å². The lowest BCUT2D eigenvalue weighted by atomic mass is 10.0. The van der Waals surface area contributed by atoms with Gasteiger partial charge in [0, 0.05) is 42.8 Å². The van der Waals surface area contributed by atoms with E-state index in [0.29, 0.717) is 12.1 Å². The number of rotatable bonds is 4. The minimum absolute atomic E-state index is 0.437. The SMILES string of the molecule is CCC1CNC(c2ccccc2)CN1Cc1cncs1. The van der Waals surface area contributed by atoms with E-state index in [0.717, 1.165) is 19.6 Å². The van der Waals surface area contributed by atoms with Gasteiger partial charge >= 0.3 is 0 Å². The Labute approximate surface area is 124 Å². The minimum Gasteiger partial charge on any atom is -0.307 e. The first-order valence-electron chi connectivity index (χ1n) is 7.26. The van der Waals surface area contributed by atoms with E-state index in [4.69, 9.17) is 0 Å². The van der Waals surface area contributed by atoms with Crippen LogP contribution in [0.5, 0.6) is 0 Å². The predicted molar refractivity (Wildman–Crippen MR) is 83.8 cm³/mol. The Kier molecular flexibility index (Phi) is 4.45. The summed E-state index contributed by atoms with van der Waals surface area (Å²) in [6.45, 7) is 5.43. The molecule has 1 saturated heterocycles. The highest BCUT2D eigenvalue weighted by Gasteiger charge is 2.27. The van der Waals surface area contributed by atoms with Crippen LogP contribution >= 0.6 is 11.3 Å². The summed E-state index contributed by atoms with van der Waals surface area (Å²) in [7, 11) is 0. The number of aromatic nitrogens is 1. The van der Waals surface area contributed by atoms with Crippen LogP contribution in [0.4, 0.5) is 0 Å². The molecule has 1 aliphatic rings. The third-order valence-corrected chi connectivity index (χ3v) is 4.81. The van der Waals surface area contributed by atoms with E-state index in [1.165, 1.54) is 16.9 Å². The third kappa shape index (κ3) is 3.08. The Morgan fingerprint density at radius 1 is 1.35 bits per heavy atom. The van der Waals surface area contributed by atoms with Gasteiger partial charge in [0.2, 0.25) is 0 Å². The standard InChI is InChI=1S/C16H21N3S/c1-2-14-8-18-16(13-6-4-3-5-7-13)11-19(14)10-15-9-17-12-20-15/h3-7,9,12,14,16,18H,2,8,10-11H2,1H3. The maximum absolute atomic E-state index is 4.19. The molecule has 2 atom stereocenters. The number of hydrogen-bond donors (Lipinski definition) is 1. The molecule has 0 spiro atoms. The molecule has 0 radical (unpaired) electrons. The van der Waals surface area contributed by atoms with E-state index in [9.17, 15) is 0 Å². The fourth-order valence-corrected chi connectivity index (χ4v) is 3.50. The second-order valence-electron chi connectivity index (χ2n) is 5.33. The second kappa shape index (κ2) is 6.48. The van der Waals surface area contributed by atoms with E-state index in [1.807, 2.05) is 11.7 Å². The van der Waals surface area contributed by atoms with Gasteiger partial charge in [-0.25, -0.2) is 0 Å². The number of thiazole rings is 1. The third-order valence-electron chi connectivity index (χ3n) is 4.05. The molecule has 3 nitrogen and oxygen atoms in total. The quantitative estimate of drug-likeness (QED) is 0.936. The van der Waals surface area contributed by atoms with Crippen LogP contribution in [0.3, 0.4) is 0 Å². The molecule has 2 aromatic rings. The van der Waals surface area contributed by atoms with Crippen LogP contribution < -0.4 is 5.32 Å². The first-order chi connectivity index (χ1) is 9.86. The summed E-state index contributed by atoms with van der Waals surface area (Å²) in [6, 6.07) is 11.8. The topological polar surface area (TPSA) is 28.2 Å². The summed E-state index contributed by atoms with van der Waals surface area (Å²) in [5, 5.41) is 3.69. The Morgan fingerprint density at radius 2 is 2.20 bits per heavy atom. The van der Waals surface area contributed by atoms with Crippen molar-refractivity contribution in [2.24, 2.45) is 0 Å². The minimum atomic E-state index is 0.437. The van der Waals surface area contributed by atoms with Gasteiger partial charge < -0.3 is 5.32 Å². The zero-order valence-corrected chi connectivity index (χ0v) is 12.6. The Balaban J connectivity index is 1.72. The summed E-state index contributed by atoms with van der Waals surface area (Å²) < 4.78 is 0. The van der Waals surface area contributed by atoms with Crippen molar-refractivity contribution in [3.05, 3.63) is 52.5 Å². The molecule has 0 bridgehead atoms. The smallest absolute Gasteiger partial charge is 0.0794 e. The van der Waals surface area contributed by atoms with Gasteiger partial charge in [0.1, 0.15) is 0 Å². The molecule has 2 heterocycles. The molecule has 0 aliphatic carbocycles. The lowest BCUT2D eigenvalue weighted by Gasteiger charge is -2.40. The Morgan fingerprint density at radius 3 is 2.90 bits per heavy atom. The van der Waals surface area contributed by atoms with Gasteiger partial charge in [0.05, 0.1) is 5.51 Å². The van der Waals surface area contributed by atoms with Crippen LogP contribution in [-0.4, -0.2) is 29.0 Å². The highest BCUT2D eigenvalue weighted by molar-refractivity contribution is 7.09. The van der Waals surface area contributed by atoms with Crippen molar-refractivity contribution < 1.29 is 0 Å². The van der Waals surface area contributed by atoms with Gasteiger partial charge in [-0.3, -0.25) is 9.88 Å². The van der Waals surface area contributed by atoms with Crippen LogP contribution in [-0.2, 0) is 6.54 Å². The zero-order chi connectivity index (χ0) is 13.8. The van der Waals surface area contributed by atoms with E-state index in [-0.39, 0.29) is 0 Å². The first-order valence-corrected chi connectivity index (χ1v) is 8.14. The number of piperazine rings is 1. The molecular weight excluding hydrogens is 266 g/mol. The van der Waals surface area contributed by atoms with Crippen molar-refractivity contribution >= 4 is 11.3 Å². The van der Waals surface area contributed by atoms with Crippen molar-refractivity contribution in [2.45, 2.75) is 32.0 Å². The number of nitrogens with one attached hydrogen (secondary N) is 1. The average Bonchev–Trinajstić information content (AvgIpc) is 3.01. The first kappa shape index (κ1) is 13.7. The molecule has 2 unspecified atom stereocenters. The Hall–Kier alpha value is -1.23. The molecule has 0 amide bonds. The summed E-state index contributed by atoms with van der Waals surface area (Å²) >= 11 is 1.75. The molecule has 1 aliphatic heterocycles. The lowest BCUT2D eigenvalue weighted by molar-refractivity contribution is 0.120. The summed E-state index contributed by atoms with van der Waals surface area (Å²) in [5.74, 6) is 0. The van der Waals surface area contributed by atoms with Crippen molar-refractivity contribution in [3.8, 4) is 0 Å². The fraction of sp³-hybridized carbons (Fsp3) is 0.438. The van der Waals surface area contributed by atoms with Crippen molar-refractivity contribution in [1.82, 2.24) is 15.2 Å². The monoisotopic (exact) mass is 287 g/mol. The summed E-state index contributed by atoms with van der Waals surface area (Å²) in [4.78, 5) is 8.15. The Bertz CT molecular complexity index is 512. The van der Waals surface area contributed by atoms with Crippen molar-refractivity contribution in [2.75, 3.05) is 13.1 Å². The maximum atomic E-state index is 4.19. The van der Waals surface area contributed by atoms with Crippen LogP contribution in [0, 0.1) is 0 Å². The molecule has 4 heteroatoms. The van der Waals surface area contributed by atoms with Gasteiger partial charge in [0.25, 0.3) is 0 Å². The van der Waals surface area contributed by atoms with Gasteiger partial charge in [-0.05, 0) is 12.0 Å². The zero-order valence-electron chi connectivity index (χ0n) is 11.8. The highest BCUT2D eigenvalue weighted by Crippen LogP contribution is 2.23. The molecule has 20 heavy (non-hydrogen) atoms. The molecule has 1 aromatic heterocycles. The molecule has 1 fully saturated rings. The molecule has 1 N–H and O–H groups in total. The van der Waals surface area contributed by atoms with E-state index in [1.54, 1.807) is 11.3 Å². The number of nitrogens with zero attached hydrogens (tertiary/aromatic N) is 2. The molecular formula is C16H21N3S. The number of benzene rings is 1. The normalized spacial score (nSPS) is 23.9. The maximum Gasteiger partial charge on any atom is 0.0794 e. The number of hydrogen-bond acceptors (Lipinski definition) is 4. The van der Waals surface area contributed by atoms with Gasteiger partial charge in [-0.1, -0.05) is 37.3 Å². The molecule has 106 valence electrons. The van der Waals surface area contributed by atoms with E-state index >= 15 is 0 Å². The highest BCUT2D eigenvalue weighted by atomic mass is 32.1. The predicted octanol–water partition coefficient (Wildman–Crippen LogP) is 3.07. The second-order valence-corrected chi connectivity index (χ2v) is 6.30. The molecule has 3 rings (SSSR count). The van der Waals surface area contributed by atoms with Crippen LogP contribution in [0.1, 0.15) is 29.8 Å². The van der Waals surface area contributed by atoms with Crippen molar-refractivity contribution in [3.63, 3.8) is 0 Å². The van der Waals surface area contributed by atoms with Crippen LogP contribution in [0.2, 0.25) is 0 Å². The summed E-state index contributed by atoms with van der Waals surface area (Å²) in [5.41, 5.74) is 3.31. The van der Waals surface area contributed by atoms with Crippen LogP contribution in [0.15, 0.2) is 42.0 Å². The summed E-state index contributed by atoms with van der Waals surface area (Å²) in [6.07, 6.45) is 3.18. The average molecular weight is 287 g/mol. The van der Waals surface area contributed by atoms with Crippen LogP contribution in [0.25, 0.3) is 0 Å². The largest absolute Gasteiger partial charge is 0.307 e. The van der Waals surface area contributed by atoms with E-state index in [2.05, 4.69) is 52.5 Å².